The van der Waals surface area contributed by atoms with E-state index in [-0.39, 0.29) is 30.7 Å². The van der Waals surface area contributed by atoms with Gasteiger partial charge in [0, 0.05) is 11.6 Å². The average molecular weight is 513 g/mol. The lowest BCUT2D eigenvalue weighted by Crippen LogP contribution is -2.42. The zero-order chi connectivity index (χ0) is 25.9. The number of carbonyl (C=O) groups excluding carboxylic acids is 3. The second-order valence-electron chi connectivity index (χ2n) is 9.03. The van der Waals surface area contributed by atoms with E-state index in [0.717, 1.165) is 36.8 Å². The highest BCUT2D eigenvalue weighted by atomic mass is 35.5. The molecule has 192 valence electrons. The fraction of sp³-hybridized carbons (Fsp3) is 0.407. The highest BCUT2D eigenvalue weighted by molar-refractivity contribution is 6.30. The van der Waals surface area contributed by atoms with Crippen molar-refractivity contribution in [2.24, 2.45) is 16.6 Å². The summed E-state index contributed by atoms with van der Waals surface area (Å²) in [6.45, 7) is 0.225. The van der Waals surface area contributed by atoms with Crippen molar-refractivity contribution >= 4 is 35.3 Å². The number of nitrogens with zero attached hydrogens (tertiary/aromatic N) is 1. The number of rotatable bonds is 9. The summed E-state index contributed by atoms with van der Waals surface area (Å²) < 4.78 is 4.76. The molecule has 0 heterocycles. The normalized spacial score (nSPS) is 15.1. The van der Waals surface area contributed by atoms with E-state index in [1.165, 1.54) is 13.5 Å². The van der Waals surface area contributed by atoms with Gasteiger partial charge in [-0.3, -0.25) is 14.9 Å². The van der Waals surface area contributed by atoms with Gasteiger partial charge < -0.3 is 15.8 Å². The van der Waals surface area contributed by atoms with Crippen LogP contribution in [0.25, 0.3) is 0 Å². The molecule has 36 heavy (non-hydrogen) atoms. The molecule has 2 amide bonds. The largest absolute Gasteiger partial charge is 0.465 e. The lowest BCUT2D eigenvalue weighted by Gasteiger charge is -2.24. The van der Waals surface area contributed by atoms with Crippen molar-refractivity contribution in [2.75, 3.05) is 7.11 Å². The van der Waals surface area contributed by atoms with Crippen molar-refractivity contribution in [1.29, 1.82) is 0 Å². The van der Waals surface area contributed by atoms with Gasteiger partial charge in [0.05, 0.1) is 19.1 Å². The second-order valence-corrected chi connectivity index (χ2v) is 9.47. The minimum absolute atomic E-state index is 0.0855. The number of esters is 1. The quantitative estimate of drug-likeness (QED) is 0.268. The van der Waals surface area contributed by atoms with Gasteiger partial charge in [-0.2, -0.15) is 0 Å². The topological polar surface area (TPSA) is 123 Å². The maximum absolute atomic E-state index is 13.1. The van der Waals surface area contributed by atoms with Crippen LogP contribution < -0.4 is 16.4 Å². The number of guanidine groups is 1. The summed E-state index contributed by atoms with van der Waals surface area (Å²) in [5.74, 6) is -0.755. The van der Waals surface area contributed by atoms with Crippen molar-refractivity contribution in [3.05, 3.63) is 70.2 Å². The molecule has 1 aliphatic carbocycles. The fourth-order valence-corrected chi connectivity index (χ4v) is 4.49. The maximum atomic E-state index is 13.1. The van der Waals surface area contributed by atoms with Crippen LogP contribution in [-0.2, 0) is 27.3 Å². The Morgan fingerprint density at radius 3 is 2.50 bits per heavy atom. The first-order chi connectivity index (χ1) is 17.3. The number of hydrogen-bond donors (Lipinski definition) is 3. The number of aliphatic imine (C=N–C) groups is 1. The molecule has 1 fully saturated rings. The van der Waals surface area contributed by atoms with E-state index in [4.69, 9.17) is 22.1 Å². The van der Waals surface area contributed by atoms with Crippen molar-refractivity contribution < 1.29 is 19.1 Å². The summed E-state index contributed by atoms with van der Waals surface area (Å²) in [6.07, 6.45) is 6.24. The number of benzene rings is 2. The van der Waals surface area contributed by atoms with E-state index in [1.807, 2.05) is 6.07 Å². The molecule has 1 unspecified atom stereocenters. The third kappa shape index (κ3) is 8.68. The zero-order valence-corrected chi connectivity index (χ0v) is 21.2. The maximum Gasteiger partial charge on any atom is 0.337 e. The molecule has 3 rings (SSSR count). The number of hydrogen-bond acceptors (Lipinski definition) is 5. The van der Waals surface area contributed by atoms with Gasteiger partial charge in [-0.25, -0.2) is 9.79 Å². The SMILES string of the molecule is COC(=O)c1cccc(CNC(=O)C(CC2CCCCC2)N=C(N)NC(=O)Cc2ccc(Cl)cc2)c1. The molecule has 0 aliphatic heterocycles. The Balaban J connectivity index is 1.65. The van der Waals surface area contributed by atoms with Crippen molar-refractivity contribution in [3.63, 3.8) is 0 Å². The van der Waals surface area contributed by atoms with Crippen LogP contribution in [0.4, 0.5) is 0 Å². The number of halogens is 1. The predicted octanol–water partition coefficient (Wildman–Crippen LogP) is 3.76. The van der Waals surface area contributed by atoms with Gasteiger partial charge in [-0.05, 0) is 47.7 Å². The Bertz CT molecular complexity index is 1080. The molecule has 1 saturated carbocycles. The first-order valence-corrected chi connectivity index (χ1v) is 12.5. The summed E-state index contributed by atoms with van der Waals surface area (Å²) >= 11 is 5.89. The van der Waals surface area contributed by atoms with Crippen LogP contribution in [0, 0.1) is 5.92 Å². The van der Waals surface area contributed by atoms with Crippen LogP contribution in [0.5, 0.6) is 0 Å². The molecule has 2 aromatic rings. The molecule has 0 bridgehead atoms. The predicted molar refractivity (Wildman–Crippen MR) is 140 cm³/mol. The molecule has 0 spiro atoms. The molecule has 8 nitrogen and oxygen atoms in total. The first-order valence-electron chi connectivity index (χ1n) is 12.2. The van der Waals surface area contributed by atoms with E-state index >= 15 is 0 Å². The van der Waals surface area contributed by atoms with Crippen LogP contribution in [0.3, 0.4) is 0 Å². The summed E-state index contributed by atoms with van der Waals surface area (Å²) in [6, 6.07) is 13.1. The second kappa shape index (κ2) is 13.6. The van der Waals surface area contributed by atoms with Crippen LogP contribution in [0.15, 0.2) is 53.5 Å². The van der Waals surface area contributed by atoms with Crippen LogP contribution in [0.1, 0.15) is 60.0 Å². The molecule has 0 radical (unpaired) electrons. The summed E-state index contributed by atoms with van der Waals surface area (Å²) in [4.78, 5) is 41.7. The number of ether oxygens (including phenoxy) is 1. The number of methoxy groups -OCH3 is 1. The lowest BCUT2D eigenvalue weighted by molar-refractivity contribution is -0.123. The molecule has 0 saturated heterocycles. The monoisotopic (exact) mass is 512 g/mol. The highest BCUT2D eigenvalue weighted by Crippen LogP contribution is 2.28. The minimum Gasteiger partial charge on any atom is -0.465 e. The van der Waals surface area contributed by atoms with E-state index in [1.54, 1.807) is 42.5 Å². The Kier molecular flexibility index (Phi) is 10.3. The number of amides is 2. The van der Waals surface area contributed by atoms with Gasteiger partial charge in [0.1, 0.15) is 6.04 Å². The van der Waals surface area contributed by atoms with Crippen molar-refractivity contribution in [2.45, 2.75) is 57.5 Å². The Morgan fingerprint density at radius 2 is 1.81 bits per heavy atom. The van der Waals surface area contributed by atoms with E-state index in [2.05, 4.69) is 15.6 Å². The number of carbonyl (C=O) groups is 3. The van der Waals surface area contributed by atoms with Gasteiger partial charge in [-0.15, -0.1) is 0 Å². The van der Waals surface area contributed by atoms with Gasteiger partial charge >= 0.3 is 5.97 Å². The standard InChI is InChI=1S/C27H33ClN4O4/c1-36-26(35)21-9-5-8-20(14-21)17-30-25(34)23(15-18-6-3-2-4-7-18)31-27(29)32-24(33)16-19-10-12-22(28)13-11-19/h5,8-14,18,23H,2-4,6-7,15-17H2,1H3,(H,30,34)(H3,29,31,32,33). The smallest absolute Gasteiger partial charge is 0.337 e. The zero-order valence-electron chi connectivity index (χ0n) is 20.5. The highest BCUT2D eigenvalue weighted by Gasteiger charge is 2.24. The van der Waals surface area contributed by atoms with Crippen molar-refractivity contribution in [3.8, 4) is 0 Å². The van der Waals surface area contributed by atoms with E-state index in [0.29, 0.717) is 22.9 Å². The molecule has 1 aliphatic rings. The molecule has 1 atom stereocenters. The summed E-state index contributed by atoms with van der Waals surface area (Å²) in [7, 11) is 1.32. The van der Waals surface area contributed by atoms with Crippen molar-refractivity contribution in [1.82, 2.24) is 10.6 Å². The van der Waals surface area contributed by atoms with Gasteiger partial charge in [-0.1, -0.05) is 68.0 Å². The van der Waals surface area contributed by atoms with E-state index in [9.17, 15) is 14.4 Å². The van der Waals surface area contributed by atoms with Gasteiger partial charge in [0.15, 0.2) is 5.96 Å². The van der Waals surface area contributed by atoms with Crippen LogP contribution in [-0.4, -0.2) is 36.9 Å². The molecule has 2 aromatic carbocycles. The molecule has 4 N–H and O–H groups in total. The fourth-order valence-electron chi connectivity index (χ4n) is 4.36. The van der Waals surface area contributed by atoms with Crippen LogP contribution in [0.2, 0.25) is 5.02 Å². The van der Waals surface area contributed by atoms with E-state index < -0.39 is 12.0 Å². The molecule has 9 heteroatoms. The summed E-state index contributed by atoms with van der Waals surface area (Å²) in [5, 5.41) is 6.08. The molecular formula is C27H33ClN4O4. The molecular weight excluding hydrogens is 480 g/mol. The van der Waals surface area contributed by atoms with Crippen LogP contribution >= 0.6 is 11.6 Å². The first kappa shape index (κ1) is 27.2. The third-order valence-corrected chi connectivity index (χ3v) is 6.49. The van der Waals surface area contributed by atoms with Gasteiger partial charge in [0.25, 0.3) is 0 Å². The number of nitrogens with one attached hydrogen (secondary N) is 2. The third-order valence-electron chi connectivity index (χ3n) is 6.24. The molecule has 0 aromatic heterocycles. The summed E-state index contributed by atoms with van der Waals surface area (Å²) in [5.41, 5.74) is 8.00. The Labute approximate surface area is 216 Å². The Morgan fingerprint density at radius 1 is 1.08 bits per heavy atom. The average Bonchev–Trinajstić information content (AvgIpc) is 2.88. The number of nitrogens with two attached hydrogens (primary N) is 1. The minimum atomic E-state index is -0.729. The lowest BCUT2D eigenvalue weighted by atomic mass is 9.84. The Hall–Kier alpha value is -3.39. The van der Waals surface area contributed by atoms with Gasteiger partial charge in [0.2, 0.25) is 11.8 Å².